The lowest BCUT2D eigenvalue weighted by Gasteiger charge is -2.35. The lowest BCUT2D eigenvalue weighted by Crippen LogP contribution is -2.38. The maximum atomic E-state index is 6.39. The second kappa shape index (κ2) is 6.48. The van der Waals surface area contributed by atoms with Crippen LogP contribution in [0.4, 0.5) is 22.5 Å². The standard InChI is InChI=1S/C18H22N6S/c1-11-6-7-13-14(9-11)25-18(22-13)23-16-15(19)17(21-10-20-16)24-8-4-3-5-12(24)2/h6-7,9-10,12H,3-5,8,19H2,1-2H3,(H,20,21,22,23). The van der Waals surface area contributed by atoms with E-state index < -0.39 is 0 Å². The zero-order valence-electron chi connectivity index (χ0n) is 14.5. The fourth-order valence-corrected chi connectivity index (χ4v) is 4.28. The summed E-state index contributed by atoms with van der Waals surface area (Å²) in [5.41, 5.74) is 9.19. The Morgan fingerprint density at radius 3 is 3.00 bits per heavy atom. The van der Waals surface area contributed by atoms with E-state index in [1.54, 1.807) is 17.7 Å². The number of nitrogen functional groups attached to an aromatic ring is 1. The Hall–Kier alpha value is -2.41. The van der Waals surface area contributed by atoms with Crippen molar-refractivity contribution in [1.29, 1.82) is 0 Å². The molecule has 3 N–H and O–H groups in total. The van der Waals surface area contributed by atoms with E-state index in [2.05, 4.69) is 51.1 Å². The number of nitrogens with one attached hydrogen (secondary N) is 1. The van der Waals surface area contributed by atoms with Crippen LogP contribution in [0.5, 0.6) is 0 Å². The van der Waals surface area contributed by atoms with Crippen LogP contribution in [0, 0.1) is 6.92 Å². The number of hydrogen-bond acceptors (Lipinski definition) is 7. The molecule has 130 valence electrons. The van der Waals surface area contributed by atoms with E-state index in [0.29, 0.717) is 17.5 Å². The molecule has 1 aliphatic heterocycles. The van der Waals surface area contributed by atoms with Gasteiger partial charge in [-0.3, -0.25) is 0 Å². The van der Waals surface area contributed by atoms with Crippen molar-refractivity contribution in [3.8, 4) is 0 Å². The molecule has 2 aromatic heterocycles. The van der Waals surface area contributed by atoms with Crippen LogP contribution in [-0.4, -0.2) is 27.5 Å². The van der Waals surface area contributed by atoms with E-state index in [9.17, 15) is 0 Å². The predicted molar refractivity (Wildman–Crippen MR) is 105 cm³/mol. The minimum Gasteiger partial charge on any atom is -0.393 e. The molecule has 0 spiro atoms. The monoisotopic (exact) mass is 354 g/mol. The number of aromatic nitrogens is 3. The van der Waals surface area contributed by atoms with Crippen molar-refractivity contribution in [3.63, 3.8) is 0 Å². The molecular formula is C18H22N6S. The maximum absolute atomic E-state index is 6.39. The van der Waals surface area contributed by atoms with Gasteiger partial charge in [0.15, 0.2) is 16.8 Å². The van der Waals surface area contributed by atoms with E-state index in [-0.39, 0.29) is 0 Å². The third kappa shape index (κ3) is 3.11. The highest BCUT2D eigenvalue weighted by Gasteiger charge is 2.23. The van der Waals surface area contributed by atoms with Crippen molar-refractivity contribution >= 4 is 44.0 Å². The fourth-order valence-electron chi connectivity index (χ4n) is 3.31. The average molecular weight is 354 g/mol. The molecule has 0 amide bonds. The van der Waals surface area contributed by atoms with Gasteiger partial charge >= 0.3 is 0 Å². The lowest BCUT2D eigenvalue weighted by molar-refractivity contribution is 0.481. The number of aryl methyl sites for hydroxylation is 1. The molecule has 25 heavy (non-hydrogen) atoms. The molecule has 1 saturated heterocycles. The van der Waals surface area contributed by atoms with Crippen LogP contribution in [0.2, 0.25) is 0 Å². The number of fused-ring (bicyclic) bond motifs is 1. The van der Waals surface area contributed by atoms with Crippen LogP contribution in [0.3, 0.4) is 0 Å². The SMILES string of the molecule is Cc1ccc2nc(Nc3ncnc(N4CCCCC4C)c3N)sc2c1. The average Bonchev–Trinajstić information content (AvgIpc) is 2.99. The van der Waals surface area contributed by atoms with Gasteiger partial charge in [-0.2, -0.15) is 0 Å². The molecule has 0 radical (unpaired) electrons. The Labute approximate surface area is 151 Å². The quantitative estimate of drug-likeness (QED) is 0.737. The second-order valence-electron chi connectivity index (χ2n) is 6.61. The van der Waals surface area contributed by atoms with Gasteiger partial charge in [0.05, 0.1) is 10.2 Å². The molecule has 0 saturated carbocycles. The zero-order chi connectivity index (χ0) is 17.4. The summed E-state index contributed by atoms with van der Waals surface area (Å²) in [6.45, 7) is 5.30. The molecule has 6 nitrogen and oxygen atoms in total. The minimum atomic E-state index is 0.448. The first-order chi connectivity index (χ1) is 12.1. The molecule has 1 fully saturated rings. The van der Waals surface area contributed by atoms with Crippen LogP contribution in [0.1, 0.15) is 31.7 Å². The highest BCUT2D eigenvalue weighted by molar-refractivity contribution is 7.22. The minimum absolute atomic E-state index is 0.448. The van der Waals surface area contributed by atoms with Gasteiger partial charge in [0.25, 0.3) is 0 Å². The molecule has 1 atom stereocenters. The second-order valence-corrected chi connectivity index (χ2v) is 7.64. The molecule has 1 aromatic carbocycles. The van der Waals surface area contributed by atoms with Crippen molar-refractivity contribution in [2.75, 3.05) is 22.5 Å². The van der Waals surface area contributed by atoms with Crippen molar-refractivity contribution in [2.24, 2.45) is 0 Å². The number of nitrogens with two attached hydrogens (primary N) is 1. The van der Waals surface area contributed by atoms with E-state index >= 15 is 0 Å². The highest BCUT2D eigenvalue weighted by Crippen LogP contribution is 2.34. The van der Waals surface area contributed by atoms with Crippen molar-refractivity contribution in [3.05, 3.63) is 30.1 Å². The first kappa shape index (κ1) is 16.1. The largest absolute Gasteiger partial charge is 0.393 e. The smallest absolute Gasteiger partial charge is 0.189 e. The Morgan fingerprint density at radius 1 is 1.28 bits per heavy atom. The number of piperidine rings is 1. The number of anilines is 4. The Bertz CT molecular complexity index is 906. The summed E-state index contributed by atoms with van der Waals surface area (Å²) in [5.74, 6) is 1.44. The number of nitrogens with zero attached hydrogens (tertiary/aromatic N) is 4. The number of rotatable bonds is 3. The molecule has 1 unspecified atom stereocenters. The molecular weight excluding hydrogens is 332 g/mol. The van der Waals surface area contributed by atoms with Crippen molar-refractivity contribution in [1.82, 2.24) is 15.0 Å². The van der Waals surface area contributed by atoms with Crippen LogP contribution in [-0.2, 0) is 0 Å². The van der Waals surface area contributed by atoms with Gasteiger partial charge < -0.3 is 16.0 Å². The van der Waals surface area contributed by atoms with Crippen LogP contribution in [0.15, 0.2) is 24.5 Å². The zero-order valence-corrected chi connectivity index (χ0v) is 15.3. The summed E-state index contributed by atoms with van der Waals surface area (Å²) in [6.07, 6.45) is 5.18. The normalized spacial score (nSPS) is 17.8. The Balaban J connectivity index is 1.64. The van der Waals surface area contributed by atoms with E-state index in [1.807, 2.05) is 6.07 Å². The van der Waals surface area contributed by atoms with Gasteiger partial charge in [-0.25, -0.2) is 15.0 Å². The first-order valence-electron chi connectivity index (χ1n) is 8.63. The summed E-state index contributed by atoms with van der Waals surface area (Å²) in [7, 11) is 0. The van der Waals surface area contributed by atoms with Gasteiger partial charge in [-0.05, 0) is 50.8 Å². The summed E-state index contributed by atoms with van der Waals surface area (Å²) < 4.78 is 1.15. The van der Waals surface area contributed by atoms with Gasteiger partial charge in [0, 0.05) is 12.6 Å². The number of thiazole rings is 1. The van der Waals surface area contributed by atoms with Crippen LogP contribution >= 0.6 is 11.3 Å². The fraction of sp³-hybridized carbons (Fsp3) is 0.389. The van der Waals surface area contributed by atoms with Gasteiger partial charge in [0.1, 0.15) is 12.0 Å². The maximum Gasteiger partial charge on any atom is 0.189 e. The van der Waals surface area contributed by atoms with Crippen LogP contribution < -0.4 is 16.0 Å². The molecule has 1 aliphatic rings. The predicted octanol–water partition coefficient (Wildman–Crippen LogP) is 4.10. The Morgan fingerprint density at radius 2 is 2.16 bits per heavy atom. The summed E-state index contributed by atoms with van der Waals surface area (Å²) in [4.78, 5) is 15.7. The van der Waals surface area contributed by atoms with Gasteiger partial charge in [-0.1, -0.05) is 17.4 Å². The van der Waals surface area contributed by atoms with Crippen molar-refractivity contribution < 1.29 is 0 Å². The first-order valence-corrected chi connectivity index (χ1v) is 9.45. The molecule has 4 rings (SSSR count). The third-order valence-corrected chi connectivity index (χ3v) is 5.64. The molecule has 3 aromatic rings. The number of hydrogen-bond donors (Lipinski definition) is 2. The van der Waals surface area contributed by atoms with E-state index in [1.165, 1.54) is 24.8 Å². The number of benzene rings is 1. The molecule has 3 heterocycles. The summed E-state index contributed by atoms with van der Waals surface area (Å²) >= 11 is 1.61. The van der Waals surface area contributed by atoms with Gasteiger partial charge in [0.2, 0.25) is 0 Å². The Kier molecular flexibility index (Phi) is 4.17. The van der Waals surface area contributed by atoms with Crippen LogP contribution in [0.25, 0.3) is 10.2 Å². The molecule has 0 bridgehead atoms. The molecule has 0 aliphatic carbocycles. The highest BCUT2D eigenvalue weighted by atomic mass is 32.1. The van der Waals surface area contributed by atoms with E-state index in [0.717, 1.165) is 27.7 Å². The van der Waals surface area contributed by atoms with E-state index in [4.69, 9.17) is 5.73 Å². The van der Waals surface area contributed by atoms with Crippen molar-refractivity contribution in [2.45, 2.75) is 39.2 Å². The summed E-state index contributed by atoms with van der Waals surface area (Å²) in [5, 5.41) is 4.08. The van der Waals surface area contributed by atoms with Gasteiger partial charge in [-0.15, -0.1) is 0 Å². The third-order valence-electron chi connectivity index (χ3n) is 4.71. The lowest BCUT2D eigenvalue weighted by atomic mass is 10.0. The summed E-state index contributed by atoms with van der Waals surface area (Å²) in [6, 6.07) is 6.70. The molecule has 7 heteroatoms. The topological polar surface area (TPSA) is 80.0 Å².